The van der Waals surface area contributed by atoms with E-state index in [0.717, 1.165) is 35.4 Å². The van der Waals surface area contributed by atoms with Crippen molar-refractivity contribution in [3.05, 3.63) is 71.6 Å². The van der Waals surface area contributed by atoms with E-state index >= 15 is 0 Å². The molecule has 3 aromatic rings. The number of rotatable bonds is 4. The van der Waals surface area contributed by atoms with Gasteiger partial charge >= 0.3 is 0 Å². The topological polar surface area (TPSA) is 41.6 Å². The number of aromatic nitrogens is 2. The highest BCUT2D eigenvalue weighted by atomic mass is 15.1. The van der Waals surface area contributed by atoms with Crippen molar-refractivity contribution in [1.82, 2.24) is 9.55 Å². The summed E-state index contributed by atoms with van der Waals surface area (Å²) in [6, 6.07) is 18.0. The number of nitriles is 1. The zero-order valence-electron chi connectivity index (χ0n) is 12.5. The van der Waals surface area contributed by atoms with Crippen LogP contribution in [0.3, 0.4) is 0 Å². The first-order valence-electron chi connectivity index (χ1n) is 7.42. The summed E-state index contributed by atoms with van der Waals surface area (Å²) < 4.78 is 2.21. The lowest BCUT2D eigenvalue weighted by Gasteiger charge is -2.07. The molecule has 0 radical (unpaired) electrons. The number of hydrogen-bond acceptors (Lipinski definition) is 2. The largest absolute Gasteiger partial charge is 0.320 e. The molecule has 0 unspecified atom stereocenters. The predicted octanol–water partition coefficient (Wildman–Crippen LogP) is 4.38. The minimum absolute atomic E-state index is 0.686. The number of para-hydroxylation sites is 2. The summed E-state index contributed by atoms with van der Waals surface area (Å²) in [5.74, 6) is 0.965. The molecule has 0 aliphatic rings. The van der Waals surface area contributed by atoms with Gasteiger partial charge in [0.15, 0.2) is 0 Å². The molecule has 3 nitrogen and oxygen atoms in total. The molecule has 0 aliphatic carbocycles. The average molecular weight is 287 g/mol. The fourth-order valence-electron chi connectivity index (χ4n) is 2.48. The molecule has 0 bridgehead atoms. The average Bonchev–Trinajstić information content (AvgIpc) is 2.91. The SMILES string of the molecule is CCC=Cc1nc2ccccc2n1Cc1ccc(C#N)cc1. The molecular formula is C19H17N3. The van der Waals surface area contributed by atoms with E-state index in [1.54, 1.807) is 0 Å². The first-order valence-corrected chi connectivity index (χ1v) is 7.42. The summed E-state index contributed by atoms with van der Waals surface area (Å²) >= 11 is 0. The van der Waals surface area contributed by atoms with Gasteiger partial charge < -0.3 is 4.57 Å². The van der Waals surface area contributed by atoms with E-state index in [9.17, 15) is 0 Å². The molecule has 0 saturated carbocycles. The molecule has 0 atom stereocenters. The second-order valence-electron chi connectivity index (χ2n) is 5.16. The number of allylic oxidation sites excluding steroid dienone is 1. The molecule has 108 valence electrons. The molecule has 0 saturated heterocycles. The quantitative estimate of drug-likeness (QED) is 0.714. The van der Waals surface area contributed by atoms with Crippen LogP contribution in [0.5, 0.6) is 0 Å². The normalized spacial score (nSPS) is 11.1. The molecule has 3 heteroatoms. The Balaban J connectivity index is 2.03. The zero-order chi connectivity index (χ0) is 15.4. The second kappa shape index (κ2) is 6.28. The Hall–Kier alpha value is -2.86. The lowest BCUT2D eigenvalue weighted by molar-refractivity contribution is 0.813. The fourth-order valence-corrected chi connectivity index (χ4v) is 2.48. The molecule has 0 aliphatic heterocycles. The summed E-state index contributed by atoms with van der Waals surface area (Å²) in [6.07, 6.45) is 5.18. The van der Waals surface area contributed by atoms with Crippen molar-refractivity contribution in [2.24, 2.45) is 0 Å². The summed E-state index contributed by atoms with van der Waals surface area (Å²) in [5.41, 5.74) is 3.98. The Morgan fingerprint density at radius 3 is 2.64 bits per heavy atom. The van der Waals surface area contributed by atoms with Crippen LogP contribution in [0.25, 0.3) is 17.1 Å². The van der Waals surface area contributed by atoms with E-state index in [1.807, 2.05) is 42.5 Å². The summed E-state index contributed by atoms with van der Waals surface area (Å²) in [5, 5.41) is 8.89. The van der Waals surface area contributed by atoms with Gasteiger partial charge in [-0.1, -0.05) is 37.3 Å². The van der Waals surface area contributed by atoms with Crippen molar-refractivity contribution in [2.45, 2.75) is 19.9 Å². The van der Waals surface area contributed by atoms with Crippen molar-refractivity contribution in [1.29, 1.82) is 5.26 Å². The van der Waals surface area contributed by atoms with Crippen molar-refractivity contribution >= 4 is 17.1 Å². The zero-order valence-corrected chi connectivity index (χ0v) is 12.5. The molecule has 0 N–H and O–H groups in total. The molecule has 22 heavy (non-hydrogen) atoms. The standard InChI is InChI=1S/C19H17N3/c1-2-3-8-19-21-17-6-4-5-7-18(17)22(19)14-16-11-9-15(13-20)10-12-16/h3-12H,2,14H2,1H3. The van der Waals surface area contributed by atoms with E-state index in [0.29, 0.717) is 5.56 Å². The van der Waals surface area contributed by atoms with Gasteiger partial charge in [-0.25, -0.2) is 4.98 Å². The van der Waals surface area contributed by atoms with Gasteiger partial charge in [0, 0.05) is 6.54 Å². The Morgan fingerprint density at radius 1 is 1.14 bits per heavy atom. The molecular weight excluding hydrogens is 270 g/mol. The third-order valence-electron chi connectivity index (χ3n) is 3.61. The number of nitrogens with zero attached hydrogens (tertiary/aromatic N) is 3. The highest BCUT2D eigenvalue weighted by molar-refractivity contribution is 5.78. The number of imidazole rings is 1. The van der Waals surface area contributed by atoms with Crippen LogP contribution in [0.4, 0.5) is 0 Å². The lowest BCUT2D eigenvalue weighted by Crippen LogP contribution is -2.02. The molecule has 2 aromatic carbocycles. The van der Waals surface area contributed by atoms with Gasteiger partial charge in [0.25, 0.3) is 0 Å². The van der Waals surface area contributed by atoms with Gasteiger partial charge in [-0.3, -0.25) is 0 Å². The van der Waals surface area contributed by atoms with E-state index in [4.69, 9.17) is 10.2 Å². The van der Waals surface area contributed by atoms with E-state index in [1.165, 1.54) is 0 Å². The second-order valence-corrected chi connectivity index (χ2v) is 5.16. The van der Waals surface area contributed by atoms with Crippen LogP contribution >= 0.6 is 0 Å². The maximum absolute atomic E-state index is 8.89. The van der Waals surface area contributed by atoms with Crippen molar-refractivity contribution < 1.29 is 0 Å². The number of hydrogen-bond donors (Lipinski definition) is 0. The minimum Gasteiger partial charge on any atom is -0.320 e. The molecule has 0 amide bonds. The third kappa shape index (κ3) is 2.77. The fraction of sp³-hybridized carbons (Fsp3) is 0.158. The summed E-state index contributed by atoms with van der Waals surface area (Å²) in [4.78, 5) is 4.70. The predicted molar refractivity (Wildman–Crippen MR) is 89.3 cm³/mol. The molecule has 0 spiro atoms. The number of fused-ring (bicyclic) bond motifs is 1. The number of benzene rings is 2. The van der Waals surface area contributed by atoms with E-state index in [-0.39, 0.29) is 0 Å². The van der Waals surface area contributed by atoms with Crippen molar-refractivity contribution in [3.63, 3.8) is 0 Å². The van der Waals surface area contributed by atoms with E-state index in [2.05, 4.69) is 35.8 Å². The first kappa shape index (κ1) is 14.1. The van der Waals surface area contributed by atoms with Gasteiger partial charge in [-0.15, -0.1) is 0 Å². The van der Waals surface area contributed by atoms with Crippen LogP contribution < -0.4 is 0 Å². The molecule has 0 fully saturated rings. The molecule has 3 rings (SSSR count). The van der Waals surface area contributed by atoms with Crippen LogP contribution in [-0.4, -0.2) is 9.55 Å². The maximum atomic E-state index is 8.89. The summed E-state index contributed by atoms with van der Waals surface area (Å²) in [7, 11) is 0. The van der Waals surface area contributed by atoms with Gasteiger partial charge in [-0.2, -0.15) is 5.26 Å². The van der Waals surface area contributed by atoms with Gasteiger partial charge in [0.05, 0.1) is 22.7 Å². The monoisotopic (exact) mass is 287 g/mol. The Morgan fingerprint density at radius 2 is 1.91 bits per heavy atom. The molecule has 1 aromatic heterocycles. The highest BCUT2D eigenvalue weighted by Gasteiger charge is 2.08. The smallest absolute Gasteiger partial charge is 0.133 e. The highest BCUT2D eigenvalue weighted by Crippen LogP contribution is 2.19. The Labute approximate surface area is 130 Å². The lowest BCUT2D eigenvalue weighted by atomic mass is 10.1. The van der Waals surface area contributed by atoms with Gasteiger partial charge in [0.2, 0.25) is 0 Å². The van der Waals surface area contributed by atoms with Crippen molar-refractivity contribution in [3.8, 4) is 6.07 Å². The van der Waals surface area contributed by atoms with Gasteiger partial charge in [-0.05, 0) is 42.3 Å². The van der Waals surface area contributed by atoms with E-state index < -0.39 is 0 Å². The van der Waals surface area contributed by atoms with Crippen molar-refractivity contribution in [2.75, 3.05) is 0 Å². The van der Waals surface area contributed by atoms with Crippen LogP contribution in [0.15, 0.2) is 54.6 Å². The van der Waals surface area contributed by atoms with Crippen LogP contribution in [0.1, 0.15) is 30.3 Å². The summed E-state index contributed by atoms with van der Waals surface area (Å²) in [6.45, 7) is 2.86. The molecule has 1 heterocycles. The van der Waals surface area contributed by atoms with Crippen LogP contribution in [0.2, 0.25) is 0 Å². The Bertz CT molecular complexity index is 849. The minimum atomic E-state index is 0.686. The first-order chi connectivity index (χ1) is 10.8. The Kier molecular flexibility index (Phi) is 4.02. The van der Waals surface area contributed by atoms with Crippen LogP contribution in [-0.2, 0) is 6.54 Å². The van der Waals surface area contributed by atoms with Crippen LogP contribution in [0, 0.1) is 11.3 Å². The maximum Gasteiger partial charge on any atom is 0.133 e. The third-order valence-corrected chi connectivity index (χ3v) is 3.61. The van der Waals surface area contributed by atoms with Gasteiger partial charge in [0.1, 0.15) is 5.82 Å².